The highest BCUT2D eigenvalue weighted by atomic mass is 16.5. The fourth-order valence-corrected chi connectivity index (χ4v) is 2.65. The van der Waals surface area contributed by atoms with E-state index < -0.39 is 0 Å². The van der Waals surface area contributed by atoms with Gasteiger partial charge in [-0.15, -0.1) is 0 Å². The van der Waals surface area contributed by atoms with Crippen molar-refractivity contribution in [3.05, 3.63) is 65.7 Å². The van der Waals surface area contributed by atoms with E-state index in [4.69, 9.17) is 9.47 Å². The molecule has 4 heteroatoms. The second-order valence-electron chi connectivity index (χ2n) is 6.33. The molecule has 4 nitrogen and oxygen atoms in total. The Morgan fingerprint density at radius 3 is 2.63 bits per heavy atom. The number of hydrogen-bond donors (Lipinski definition) is 1. The first kappa shape index (κ1) is 20.6. The van der Waals surface area contributed by atoms with E-state index >= 15 is 0 Å². The maximum atomic E-state index is 12.0. The molecule has 2 aromatic carbocycles. The van der Waals surface area contributed by atoms with Crippen LogP contribution in [-0.2, 0) is 11.2 Å². The van der Waals surface area contributed by atoms with Crippen molar-refractivity contribution in [2.45, 2.75) is 32.6 Å². The van der Waals surface area contributed by atoms with Crippen molar-refractivity contribution >= 4 is 12.0 Å². The van der Waals surface area contributed by atoms with Gasteiger partial charge in [-0.05, 0) is 42.2 Å². The smallest absolute Gasteiger partial charge is 0.244 e. The van der Waals surface area contributed by atoms with Crippen LogP contribution in [0.4, 0.5) is 0 Å². The number of rotatable bonds is 11. The molecule has 0 unspecified atom stereocenters. The van der Waals surface area contributed by atoms with E-state index in [9.17, 15) is 4.79 Å². The number of benzene rings is 2. The average molecular weight is 367 g/mol. The minimum Gasteiger partial charge on any atom is -0.493 e. The van der Waals surface area contributed by atoms with Gasteiger partial charge in [-0.2, -0.15) is 0 Å². The zero-order chi connectivity index (χ0) is 19.3. The van der Waals surface area contributed by atoms with Crippen molar-refractivity contribution in [2.24, 2.45) is 0 Å². The fourth-order valence-electron chi connectivity index (χ4n) is 2.65. The molecule has 0 saturated heterocycles. The summed E-state index contributed by atoms with van der Waals surface area (Å²) >= 11 is 0. The van der Waals surface area contributed by atoms with Crippen LogP contribution in [0.2, 0.25) is 0 Å². The van der Waals surface area contributed by atoms with Gasteiger partial charge in [0.1, 0.15) is 0 Å². The number of amides is 1. The van der Waals surface area contributed by atoms with E-state index in [-0.39, 0.29) is 5.91 Å². The second kappa shape index (κ2) is 11.8. The minimum absolute atomic E-state index is 0.107. The van der Waals surface area contributed by atoms with Crippen LogP contribution >= 0.6 is 0 Å². The number of unbranched alkanes of at least 4 members (excludes halogenated alkanes) is 2. The molecule has 2 rings (SSSR count). The molecule has 0 fully saturated rings. The molecule has 0 spiro atoms. The monoisotopic (exact) mass is 367 g/mol. The van der Waals surface area contributed by atoms with Gasteiger partial charge in [-0.25, -0.2) is 0 Å². The van der Waals surface area contributed by atoms with Crippen LogP contribution in [-0.4, -0.2) is 26.2 Å². The molecule has 0 aliphatic rings. The highest BCUT2D eigenvalue weighted by molar-refractivity contribution is 5.91. The van der Waals surface area contributed by atoms with Gasteiger partial charge < -0.3 is 14.8 Å². The summed E-state index contributed by atoms with van der Waals surface area (Å²) in [5.74, 6) is 1.31. The summed E-state index contributed by atoms with van der Waals surface area (Å²) in [4.78, 5) is 12.0. The fraction of sp³-hybridized carbons (Fsp3) is 0.348. The van der Waals surface area contributed by atoms with Crippen LogP contribution in [0.15, 0.2) is 54.6 Å². The number of hydrogen-bond acceptors (Lipinski definition) is 3. The van der Waals surface area contributed by atoms with Crippen LogP contribution in [0.5, 0.6) is 11.5 Å². The lowest BCUT2D eigenvalue weighted by Crippen LogP contribution is -2.23. The number of carbonyl (C=O) groups is 1. The van der Waals surface area contributed by atoms with Gasteiger partial charge in [0.2, 0.25) is 5.91 Å². The molecule has 144 valence electrons. The van der Waals surface area contributed by atoms with Gasteiger partial charge in [0.15, 0.2) is 11.5 Å². The largest absolute Gasteiger partial charge is 0.493 e. The average Bonchev–Trinajstić information content (AvgIpc) is 2.71. The third kappa shape index (κ3) is 7.57. The van der Waals surface area contributed by atoms with Crippen molar-refractivity contribution in [3.8, 4) is 11.5 Å². The van der Waals surface area contributed by atoms with Gasteiger partial charge in [-0.1, -0.05) is 56.2 Å². The molecule has 0 saturated carbocycles. The summed E-state index contributed by atoms with van der Waals surface area (Å²) in [6.07, 6.45) is 7.49. The lowest BCUT2D eigenvalue weighted by atomic mass is 10.1. The van der Waals surface area contributed by atoms with Crippen molar-refractivity contribution in [2.75, 3.05) is 20.3 Å². The quantitative estimate of drug-likeness (QED) is 0.465. The number of ether oxygens (including phenoxy) is 2. The summed E-state index contributed by atoms with van der Waals surface area (Å²) in [6.45, 7) is 3.46. The van der Waals surface area contributed by atoms with Gasteiger partial charge in [0.25, 0.3) is 0 Å². The third-order valence-corrected chi connectivity index (χ3v) is 4.18. The number of methoxy groups -OCH3 is 1. The van der Waals surface area contributed by atoms with E-state index in [0.717, 1.165) is 37.0 Å². The molecule has 0 radical (unpaired) electrons. The zero-order valence-electron chi connectivity index (χ0n) is 16.2. The highest BCUT2D eigenvalue weighted by Gasteiger charge is 2.05. The van der Waals surface area contributed by atoms with Crippen LogP contribution in [0.1, 0.15) is 37.3 Å². The molecule has 2 aromatic rings. The summed E-state index contributed by atoms with van der Waals surface area (Å²) in [7, 11) is 1.62. The molecule has 1 amide bonds. The molecule has 0 bridgehead atoms. The zero-order valence-corrected chi connectivity index (χ0v) is 16.2. The predicted molar refractivity (Wildman–Crippen MR) is 110 cm³/mol. The molecular formula is C23H29NO3. The Labute approximate surface area is 162 Å². The third-order valence-electron chi connectivity index (χ3n) is 4.18. The van der Waals surface area contributed by atoms with Gasteiger partial charge in [-0.3, -0.25) is 4.79 Å². The Balaban J connectivity index is 1.83. The first-order valence-corrected chi connectivity index (χ1v) is 9.53. The predicted octanol–water partition coefficient (Wildman–Crippen LogP) is 4.64. The molecule has 0 aliphatic carbocycles. The van der Waals surface area contributed by atoms with E-state index in [2.05, 4.69) is 24.4 Å². The van der Waals surface area contributed by atoms with Crippen molar-refractivity contribution in [3.63, 3.8) is 0 Å². The Morgan fingerprint density at radius 1 is 1.07 bits per heavy atom. The van der Waals surface area contributed by atoms with Gasteiger partial charge in [0.05, 0.1) is 13.7 Å². The Bertz CT molecular complexity index is 726. The normalized spacial score (nSPS) is 10.7. The van der Waals surface area contributed by atoms with Crippen LogP contribution < -0.4 is 14.8 Å². The van der Waals surface area contributed by atoms with E-state index in [1.54, 1.807) is 19.3 Å². The molecule has 1 N–H and O–H groups in total. The lowest BCUT2D eigenvalue weighted by molar-refractivity contribution is -0.116. The van der Waals surface area contributed by atoms with Crippen molar-refractivity contribution in [1.29, 1.82) is 0 Å². The van der Waals surface area contributed by atoms with Crippen molar-refractivity contribution < 1.29 is 14.3 Å². The number of carbonyl (C=O) groups excluding carboxylic acids is 1. The standard InChI is InChI=1S/C23H29NO3/c1-3-4-8-17-27-21-13-11-20(18-22(21)26-2)12-14-23(25)24-16-15-19-9-6-5-7-10-19/h5-7,9-14,18H,3-4,8,15-17H2,1-2H3,(H,24,25)/b14-12+. The lowest BCUT2D eigenvalue weighted by Gasteiger charge is -2.11. The second-order valence-corrected chi connectivity index (χ2v) is 6.33. The van der Waals surface area contributed by atoms with Crippen LogP contribution in [0, 0.1) is 0 Å². The Hall–Kier alpha value is -2.75. The molecule has 0 atom stereocenters. The Kier molecular flexibility index (Phi) is 8.98. The van der Waals surface area contributed by atoms with Gasteiger partial charge in [0, 0.05) is 12.6 Å². The summed E-state index contributed by atoms with van der Waals surface area (Å²) in [5.41, 5.74) is 2.10. The van der Waals surface area contributed by atoms with Crippen molar-refractivity contribution in [1.82, 2.24) is 5.32 Å². The Morgan fingerprint density at radius 2 is 1.89 bits per heavy atom. The summed E-state index contributed by atoms with van der Waals surface area (Å²) in [5, 5.41) is 2.90. The maximum absolute atomic E-state index is 12.0. The van der Waals surface area contributed by atoms with E-state index in [1.165, 1.54) is 5.56 Å². The first-order valence-electron chi connectivity index (χ1n) is 9.53. The topological polar surface area (TPSA) is 47.6 Å². The summed E-state index contributed by atoms with van der Waals surface area (Å²) in [6, 6.07) is 15.8. The SMILES string of the molecule is CCCCCOc1ccc(/C=C/C(=O)NCCc2ccccc2)cc1OC. The number of nitrogens with one attached hydrogen (secondary N) is 1. The maximum Gasteiger partial charge on any atom is 0.244 e. The van der Waals surface area contributed by atoms with Crippen LogP contribution in [0.3, 0.4) is 0 Å². The molecular weight excluding hydrogens is 338 g/mol. The van der Waals surface area contributed by atoms with Gasteiger partial charge >= 0.3 is 0 Å². The summed E-state index contributed by atoms with van der Waals surface area (Å²) < 4.78 is 11.2. The molecule has 0 aromatic heterocycles. The highest BCUT2D eigenvalue weighted by Crippen LogP contribution is 2.28. The van der Waals surface area contributed by atoms with Crippen LogP contribution in [0.25, 0.3) is 6.08 Å². The van der Waals surface area contributed by atoms with E-state index in [1.807, 2.05) is 36.4 Å². The first-order chi connectivity index (χ1) is 13.2. The van der Waals surface area contributed by atoms with E-state index in [0.29, 0.717) is 18.9 Å². The molecule has 27 heavy (non-hydrogen) atoms. The molecule has 0 heterocycles. The minimum atomic E-state index is -0.107. The molecule has 0 aliphatic heterocycles.